The van der Waals surface area contributed by atoms with Crippen LogP contribution in [-0.2, 0) is 13.0 Å². The SMILES string of the molecule is CN=C(NCCCc1c[nH]c2ccccc12)NCc1ncc(C)s1. The number of nitrogens with zero attached hydrogens (tertiary/aromatic N) is 2. The average Bonchev–Trinajstić information content (AvgIpc) is 3.20. The minimum Gasteiger partial charge on any atom is -0.361 e. The van der Waals surface area contributed by atoms with Gasteiger partial charge in [0.25, 0.3) is 0 Å². The van der Waals surface area contributed by atoms with Crippen LogP contribution in [0.25, 0.3) is 10.9 Å². The van der Waals surface area contributed by atoms with E-state index >= 15 is 0 Å². The number of aromatic nitrogens is 2. The molecule has 6 heteroatoms. The quantitative estimate of drug-likeness (QED) is 0.366. The van der Waals surface area contributed by atoms with Gasteiger partial charge in [-0.1, -0.05) is 18.2 Å². The zero-order valence-corrected chi connectivity index (χ0v) is 14.9. The lowest BCUT2D eigenvalue weighted by Gasteiger charge is -2.10. The van der Waals surface area contributed by atoms with Crippen molar-refractivity contribution in [3.05, 3.63) is 52.1 Å². The number of thiazole rings is 1. The van der Waals surface area contributed by atoms with Crippen molar-refractivity contribution in [1.82, 2.24) is 20.6 Å². The molecular formula is C18H23N5S. The Morgan fingerprint density at radius 1 is 1.29 bits per heavy atom. The Morgan fingerprint density at radius 3 is 2.96 bits per heavy atom. The molecule has 2 heterocycles. The molecule has 2 aromatic heterocycles. The molecule has 3 N–H and O–H groups in total. The van der Waals surface area contributed by atoms with E-state index in [1.165, 1.54) is 21.3 Å². The summed E-state index contributed by atoms with van der Waals surface area (Å²) in [6, 6.07) is 8.43. The van der Waals surface area contributed by atoms with Gasteiger partial charge in [-0.05, 0) is 31.4 Å². The third-order valence-corrected chi connectivity index (χ3v) is 4.80. The normalized spacial score (nSPS) is 11.8. The lowest BCUT2D eigenvalue weighted by molar-refractivity contribution is 0.743. The Kier molecular flexibility index (Phi) is 5.48. The maximum absolute atomic E-state index is 4.35. The maximum Gasteiger partial charge on any atom is 0.191 e. The topological polar surface area (TPSA) is 65.1 Å². The number of fused-ring (bicyclic) bond motifs is 1. The summed E-state index contributed by atoms with van der Waals surface area (Å²) in [5.74, 6) is 0.821. The molecular weight excluding hydrogens is 318 g/mol. The molecule has 5 nitrogen and oxygen atoms in total. The number of guanidine groups is 1. The fraction of sp³-hybridized carbons (Fsp3) is 0.333. The van der Waals surface area contributed by atoms with Gasteiger partial charge in [0.05, 0.1) is 6.54 Å². The lowest BCUT2D eigenvalue weighted by Crippen LogP contribution is -2.37. The van der Waals surface area contributed by atoms with Gasteiger partial charge >= 0.3 is 0 Å². The van der Waals surface area contributed by atoms with Crippen LogP contribution in [-0.4, -0.2) is 29.5 Å². The summed E-state index contributed by atoms with van der Waals surface area (Å²) in [7, 11) is 1.79. The number of para-hydroxylation sites is 1. The molecule has 24 heavy (non-hydrogen) atoms. The first-order valence-electron chi connectivity index (χ1n) is 8.17. The fourth-order valence-corrected chi connectivity index (χ4v) is 3.41. The third-order valence-electron chi connectivity index (χ3n) is 3.89. The smallest absolute Gasteiger partial charge is 0.191 e. The maximum atomic E-state index is 4.35. The van der Waals surface area contributed by atoms with E-state index in [1.54, 1.807) is 18.4 Å². The zero-order chi connectivity index (χ0) is 16.8. The van der Waals surface area contributed by atoms with Gasteiger partial charge in [-0.15, -0.1) is 11.3 Å². The largest absolute Gasteiger partial charge is 0.361 e. The molecule has 0 radical (unpaired) electrons. The Bertz CT molecular complexity index is 818. The molecule has 0 amide bonds. The summed E-state index contributed by atoms with van der Waals surface area (Å²) in [6.07, 6.45) is 6.11. The first-order valence-corrected chi connectivity index (χ1v) is 8.98. The summed E-state index contributed by atoms with van der Waals surface area (Å²) in [6.45, 7) is 3.66. The Labute approximate surface area is 146 Å². The number of hydrogen-bond acceptors (Lipinski definition) is 3. The van der Waals surface area contributed by atoms with Gasteiger partial charge in [0, 0.05) is 41.8 Å². The minimum atomic E-state index is 0.709. The van der Waals surface area contributed by atoms with E-state index in [2.05, 4.69) is 63.0 Å². The lowest BCUT2D eigenvalue weighted by atomic mass is 10.1. The van der Waals surface area contributed by atoms with Gasteiger partial charge in [0.2, 0.25) is 0 Å². The molecule has 1 aromatic carbocycles. The molecule has 0 spiro atoms. The van der Waals surface area contributed by atoms with Crippen LogP contribution in [0.1, 0.15) is 21.9 Å². The number of hydrogen-bond donors (Lipinski definition) is 3. The minimum absolute atomic E-state index is 0.709. The van der Waals surface area contributed by atoms with E-state index in [0.717, 1.165) is 30.4 Å². The molecule has 3 aromatic rings. The first kappa shape index (κ1) is 16.5. The van der Waals surface area contributed by atoms with Crippen molar-refractivity contribution in [3.8, 4) is 0 Å². The predicted octanol–water partition coefficient (Wildman–Crippen LogP) is 3.23. The second kappa shape index (κ2) is 7.97. The van der Waals surface area contributed by atoms with Gasteiger partial charge < -0.3 is 15.6 Å². The number of aromatic amines is 1. The molecule has 0 fully saturated rings. The molecule has 3 rings (SSSR count). The van der Waals surface area contributed by atoms with Gasteiger partial charge in [0.1, 0.15) is 5.01 Å². The highest BCUT2D eigenvalue weighted by Gasteiger charge is 2.04. The van der Waals surface area contributed by atoms with Crippen LogP contribution in [0.3, 0.4) is 0 Å². The monoisotopic (exact) mass is 341 g/mol. The van der Waals surface area contributed by atoms with Crippen molar-refractivity contribution in [2.24, 2.45) is 4.99 Å². The summed E-state index contributed by atoms with van der Waals surface area (Å²) in [4.78, 5) is 13.2. The van der Waals surface area contributed by atoms with E-state index in [1.807, 2.05) is 6.20 Å². The van der Waals surface area contributed by atoms with Crippen LogP contribution in [0, 0.1) is 6.92 Å². The van der Waals surface area contributed by atoms with Crippen LogP contribution in [0.2, 0.25) is 0 Å². The highest BCUT2D eigenvalue weighted by Crippen LogP contribution is 2.18. The first-order chi connectivity index (χ1) is 11.8. The Morgan fingerprint density at radius 2 is 2.17 bits per heavy atom. The molecule has 0 aliphatic carbocycles. The highest BCUT2D eigenvalue weighted by molar-refractivity contribution is 7.11. The van der Waals surface area contributed by atoms with Crippen LogP contribution >= 0.6 is 11.3 Å². The summed E-state index contributed by atoms with van der Waals surface area (Å²) in [5, 5.41) is 9.06. The molecule has 0 aliphatic heterocycles. The molecule has 0 aliphatic rings. The van der Waals surface area contributed by atoms with Crippen LogP contribution < -0.4 is 10.6 Å². The zero-order valence-electron chi connectivity index (χ0n) is 14.1. The van der Waals surface area contributed by atoms with Crippen LogP contribution in [0.4, 0.5) is 0 Å². The number of aryl methyl sites for hydroxylation is 2. The molecule has 0 atom stereocenters. The summed E-state index contributed by atoms with van der Waals surface area (Å²) in [5.41, 5.74) is 2.57. The van der Waals surface area contributed by atoms with Crippen LogP contribution in [0.15, 0.2) is 41.7 Å². The van der Waals surface area contributed by atoms with E-state index in [9.17, 15) is 0 Å². The van der Waals surface area contributed by atoms with Crippen molar-refractivity contribution in [3.63, 3.8) is 0 Å². The summed E-state index contributed by atoms with van der Waals surface area (Å²) < 4.78 is 0. The number of H-pyrrole nitrogens is 1. The standard InChI is InChI=1S/C18H23N5S/c1-13-10-22-17(24-13)12-23-18(19-2)20-9-5-6-14-11-21-16-8-4-3-7-15(14)16/h3-4,7-8,10-11,21H,5-6,9,12H2,1-2H3,(H2,19,20,23). The van der Waals surface area contributed by atoms with Crippen molar-refractivity contribution < 1.29 is 0 Å². The molecule has 0 unspecified atom stereocenters. The highest BCUT2D eigenvalue weighted by atomic mass is 32.1. The van der Waals surface area contributed by atoms with E-state index in [-0.39, 0.29) is 0 Å². The van der Waals surface area contributed by atoms with Gasteiger partial charge in [-0.3, -0.25) is 4.99 Å². The fourth-order valence-electron chi connectivity index (χ4n) is 2.69. The van der Waals surface area contributed by atoms with Crippen molar-refractivity contribution in [2.75, 3.05) is 13.6 Å². The molecule has 0 saturated heterocycles. The second-order valence-corrected chi connectivity index (χ2v) is 7.00. The molecule has 0 saturated carbocycles. The van der Waals surface area contributed by atoms with E-state index in [4.69, 9.17) is 0 Å². The van der Waals surface area contributed by atoms with Gasteiger partial charge in [-0.2, -0.15) is 0 Å². The summed E-state index contributed by atoms with van der Waals surface area (Å²) >= 11 is 1.71. The van der Waals surface area contributed by atoms with Gasteiger partial charge in [-0.25, -0.2) is 4.98 Å². The third kappa shape index (κ3) is 4.14. The van der Waals surface area contributed by atoms with Crippen LogP contribution in [0.5, 0.6) is 0 Å². The second-order valence-electron chi connectivity index (χ2n) is 5.68. The number of benzene rings is 1. The Hall–Kier alpha value is -2.34. The van der Waals surface area contributed by atoms with Crippen molar-refractivity contribution in [2.45, 2.75) is 26.3 Å². The number of rotatable bonds is 6. The van der Waals surface area contributed by atoms with Crippen molar-refractivity contribution >= 4 is 28.2 Å². The Balaban J connectivity index is 1.43. The van der Waals surface area contributed by atoms with Crippen molar-refractivity contribution in [1.29, 1.82) is 0 Å². The number of nitrogens with one attached hydrogen (secondary N) is 3. The molecule has 0 bridgehead atoms. The number of aliphatic imine (C=N–C) groups is 1. The van der Waals surface area contributed by atoms with E-state index in [0.29, 0.717) is 6.54 Å². The predicted molar refractivity (Wildman–Crippen MR) is 102 cm³/mol. The average molecular weight is 341 g/mol. The molecule has 126 valence electrons. The van der Waals surface area contributed by atoms with E-state index < -0.39 is 0 Å². The van der Waals surface area contributed by atoms with Gasteiger partial charge in [0.15, 0.2) is 5.96 Å².